The second-order valence-corrected chi connectivity index (χ2v) is 6.78. The molecule has 0 radical (unpaired) electrons. The Morgan fingerprint density at radius 1 is 1.17 bits per heavy atom. The summed E-state index contributed by atoms with van der Waals surface area (Å²) in [6, 6.07) is 0.452. The molecule has 2 aromatic rings. The quantitative estimate of drug-likeness (QED) is 0.642. The van der Waals surface area contributed by atoms with Crippen LogP contribution in [0.1, 0.15) is 51.3 Å². The van der Waals surface area contributed by atoms with E-state index in [9.17, 15) is 0 Å². The third-order valence-corrected chi connectivity index (χ3v) is 4.98. The molecule has 8 heteroatoms. The van der Waals surface area contributed by atoms with E-state index < -0.39 is 0 Å². The highest BCUT2D eigenvalue weighted by molar-refractivity contribution is 7.99. The van der Waals surface area contributed by atoms with Crippen molar-refractivity contribution < 1.29 is 10.2 Å². The number of aliphatic hydroxyl groups is 2. The highest BCUT2D eigenvalue weighted by atomic mass is 32.2. The predicted molar refractivity (Wildman–Crippen MR) is 97.2 cm³/mol. The van der Waals surface area contributed by atoms with E-state index >= 15 is 0 Å². The van der Waals surface area contributed by atoms with Crippen molar-refractivity contribution in [1.82, 2.24) is 25.0 Å². The summed E-state index contributed by atoms with van der Waals surface area (Å²) >= 11 is 1.71. The van der Waals surface area contributed by atoms with Gasteiger partial charge in [0.05, 0.1) is 11.7 Å². The minimum absolute atomic E-state index is 0.452. The van der Waals surface area contributed by atoms with Gasteiger partial charge in [0.2, 0.25) is 0 Å². The summed E-state index contributed by atoms with van der Waals surface area (Å²) in [4.78, 5) is 9.22. The van der Waals surface area contributed by atoms with Crippen molar-refractivity contribution in [2.24, 2.45) is 5.92 Å². The fraction of sp³-hybridized carbons (Fsp3) is 0.750. The van der Waals surface area contributed by atoms with Crippen LogP contribution in [0, 0.1) is 12.8 Å². The summed E-state index contributed by atoms with van der Waals surface area (Å²) in [6.45, 7) is 6.47. The van der Waals surface area contributed by atoms with E-state index in [-0.39, 0.29) is 0 Å². The van der Waals surface area contributed by atoms with Crippen molar-refractivity contribution in [1.29, 1.82) is 0 Å². The van der Waals surface area contributed by atoms with Crippen molar-refractivity contribution in [3.05, 3.63) is 5.69 Å². The molecule has 0 saturated heterocycles. The Morgan fingerprint density at radius 2 is 1.88 bits per heavy atom. The molecule has 136 valence electrons. The molecule has 2 heterocycles. The Labute approximate surface area is 147 Å². The topological polar surface area (TPSA) is 97.0 Å². The van der Waals surface area contributed by atoms with Gasteiger partial charge in [-0.25, -0.2) is 14.6 Å². The van der Waals surface area contributed by atoms with Crippen LogP contribution in [-0.4, -0.2) is 55.1 Å². The summed E-state index contributed by atoms with van der Waals surface area (Å²) < 4.78 is 2.03. The highest BCUT2D eigenvalue weighted by Gasteiger charge is 2.26. The van der Waals surface area contributed by atoms with Crippen molar-refractivity contribution in [2.45, 2.75) is 57.7 Å². The number of hydrogen-bond acceptors (Lipinski definition) is 7. The molecule has 2 atom stereocenters. The molecule has 0 aromatic carbocycles. The van der Waals surface area contributed by atoms with E-state index in [1.165, 1.54) is 19.3 Å². The van der Waals surface area contributed by atoms with Crippen LogP contribution in [0.4, 0.5) is 0 Å². The standard InChI is InChI=1S/C14H21N5S.2CH4O/c1-4-7-20-14-15-10(3)12-13(16-14)19(18-17-12)11-6-5-9(2)8-11;2*1-2/h9,11H,4-8H2,1-3H3;2*2H,1H3/t9-,11+;;/m1../s1. The van der Waals surface area contributed by atoms with Crippen LogP contribution < -0.4 is 0 Å². The molecule has 0 amide bonds. The van der Waals surface area contributed by atoms with E-state index in [4.69, 9.17) is 15.2 Å². The first-order chi connectivity index (χ1) is 11.7. The first kappa shape index (κ1) is 20.8. The summed E-state index contributed by atoms with van der Waals surface area (Å²) in [5.41, 5.74) is 2.70. The molecule has 1 aliphatic rings. The lowest BCUT2D eigenvalue weighted by Crippen LogP contribution is -2.08. The lowest BCUT2D eigenvalue weighted by molar-refractivity contribution is 0.399. The van der Waals surface area contributed by atoms with Crippen molar-refractivity contribution in [2.75, 3.05) is 20.0 Å². The molecule has 0 bridgehead atoms. The number of hydrogen-bond donors (Lipinski definition) is 2. The maximum absolute atomic E-state index is 7.00. The molecule has 1 aliphatic carbocycles. The van der Waals surface area contributed by atoms with E-state index in [2.05, 4.69) is 29.1 Å². The third-order valence-electron chi connectivity index (χ3n) is 3.93. The first-order valence-electron chi connectivity index (χ1n) is 8.30. The average molecular weight is 356 g/mol. The van der Waals surface area contributed by atoms with Gasteiger partial charge in [0.1, 0.15) is 0 Å². The smallest absolute Gasteiger partial charge is 0.189 e. The van der Waals surface area contributed by atoms with Crippen LogP contribution >= 0.6 is 11.8 Å². The molecule has 2 aromatic heterocycles. The van der Waals surface area contributed by atoms with E-state index in [1.54, 1.807) is 11.8 Å². The first-order valence-corrected chi connectivity index (χ1v) is 9.29. The Bertz CT molecular complexity index is 620. The van der Waals surface area contributed by atoms with Gasteiger partial charge >= 0.3 is 0 Å². The number of aliphatic hydroxyl groups excluding tert-OH is 2. The zero-order valence-corrected chi connectivity index (χ0v) is 16.0. The van der Waals surface area contributed by atoms with Gasteiger partial charge in [-0.05, 0) is 38.5 Å². The molecule has 1 fully saturated rings. The second kappa shape index (κ2) is 10.6. The predicted octanol–water partition coefficient (Wildman–Crippen LogP) is 2.61. The molecule has 0 aliphatic heterocycles. The van der Waals surface area contributed by atoms with Crippen LogP contribution in [0.3, 0.4) is 0 Å². The van der Waals surface area contributed by atoms with Crippen LogP contribution in [-0.2, 0) is 0 Å². The normalized spacial score (nSPS) is 19.5. The Balaban J connectivity index is 0.000000671. The minimum atomic E-state index is 0.452. The number of aromatic nitrogens is 5. The monoisotopic (exact) mass is 355 g/mol. The molecule has 7 nitrogen and oxygen atoms in total. The average Bonchev–Trinajstić information content (AvgIpc) is 3.23. The van der Waals surface area contributed by atoms with Gasteiger partial charge in [0.15, 0.2) is 16.3 Å². The Morgan fingerprint density at radius 3 is 2.46 bits per heavy atom. The summed E-state index contributed by atoms with van der Waals surface area (Å²) in [5.74, 6) is 1.82. The fourth-order valence-electron chi connectivity index (χ4n) is 2.84. The minimum Gasteiger partial charge on any atom is -0.400 e. The van der Waals surface area contributed by atoms with E-state index in [0.717, 1.165) is 54.3 Å². The SMILES string of the molecule is CCCSc1nc(C)c2nnn([C@H]3CC[C@@H](C)C3)c2n1.CO.CO. The molecular weight excluding hydrogens is 326 g/mol. The molecule has 3 rings (SSSR count). The van der Waals surface area contributed by atoms with Gasteiger partial charge in [-0.15, -0.1) is 5.10 Å². The number of thioether (sulfide) groups is 1. The molecule has 2 N–H and O–H groups in total. The van der Waals surface area contributed by atoms with Gasteiger partial charge in [0, 0.05) is 20.0 Å². The molecule has 0 unspecified atom stereocenters. The van der Waals surface area contributed by atoms with Crippen molar-refractivity contribution in [3.63, 3.8) is 0 Å². The van der Waals surface area contributed by atoms with Gasteiger partial charge in [-0.3, -0.25) is 0 Å². The van der Waals surface area contributed by atoms with E-state index in [0.29, 0.717) is 6.04 Å². The summed E-state index contributed by atoms with van der Waals surface area (Å²) in [5, 5.41) is 23.5. The number of fused-ring (bicyclic) bond motifs is 1. The van der Waals surface area contributed by atoms with Gasteiger partial charge in [0.25, 0.3) is 0 Å². The van der Waals surface area contributed by atoms with Crippen LogP contribution in [0.15, 0.2) is 5.16 Å². The number of rotatable bonds is 4. The second-order valence-electron chi connectivity index (χ2n) is 5.72. The summed E-state index contributed by atoms with van der Waals surface area (Å²) in [7, 11) is 2.00. The van der Waals surface area contributed by atoms with E-state index in [1.807, 2.05) is 11.6 Å². The van der Waals surface area contributed by atoms with Crippen molar-refractivity contribution >= 4 is 22.9 Å². The molecule has 24 heavy (non-hydrogen) atoms. The number of nitrogens with zero attached hydrogens (tertiary/aromatic N) is 5. The van der Waals surface area contributed by atoms with Crippen LogP contribution in [0.5, 0.6) is 0 Å². The molecular formula is C16H29N5O2S. The maximum Gasteiger partial charge on any atom is 0.189 e. The van der Waals surface area contributed by atoms with Crippen molar-refractivity contribution in [3.8, 4) is 0 Å². The molecule has 0 spiro atoms. The lowest BCUT2D eigenvalue weighted by atomic mass is 10.1. The third kappa shape index (κ3) is 4.87. The summed E-state index contributed by atoms with van der Waals surface area (Å²) in [6.07, 6.45) is 4.76. The van der Waals surface area contributed by atoms with Gasteiger partial charge < -0.3 is 10.2 Å². The number of aryl methyl sites for hydroxylation is 1. The molecule has 1 saturated carbocycles. The Hall–Kier alpha value is -1.25. The zero-order chi connectivity index (χ0) is 18.1. The largest absolute Gasteiger partial charge is 0.400 e. The van der Waals surface area contributed by atoms with Crippen LogP contribution in [0.2, 0.25) is 0 Å². The lowest BCUT2D eigenvalue weighted by Gasteiger charge is -2.10. The van der Waals surface area contributed by atoms with Gasteiger partial charge in [-0.2, -0.15) is 0 Å². The van der Waals surface area contributed by atoms with Crippen LogP contribution in [0.25, 0.3) is 11.2 Å². The van der Waals surface area contributed by atoms with Gasteiger partial charge in [-0.1, -0.05) is 30.8 Å². The highest BCUT2D eigenvalue weighted by Crippen LogP contribution is 2.35. The fourth-order valence-corrected chi connectivity index (χ4v) is 3.58. The zero-order valence-electron chi connectivity index (χ0n) is 15.2. The Kier molecular flexibility index (Phi) is 9.17. The maximum atomic E-state index is 7.00.